The molecular formula is C28H25ClN2O5S. The molecule has 1 saturated heterocycles. The molecule has 37 heavy (non-hydrogen) atoms. The quantitative estimate of drug-likeness (QED) is 0.326. The first-order valence-electron chi connectivity index (χ1n) is 11.6. The smallest absolute Gasteiger partial charge is 0.298 e. The number of carbonyl (C=O) groups excluding carboxylic acids is 3. The number of hydrogen-bond acceptors (Lipinski definition) is 6. The number of aryl methyl sites for hydroxylation is 2. The third kappa shape index (κ3) is 6.34. The molecule has 0 spiro atoms. The summed E-state index contributed by atoms with van der Waals surface area (Å²) in [4.78, 5) is 39.3. The van der Waals surface area contributed by atoms with Crippen LogP contribution in [0.5, 0.6) is 11.5 Å². The molecule has 1 heterocycles. The SMILES string of the molecule is CCOc1cc(/C=C2\SC(=O)N(c3cccc(Cl)c3)C2=O)ccc1OCC(=O)Nc1ccc(C)c(C)c1. The van der Waals surface area contributed by atoms with Gasteiger partial charge in [-0.3, -0.25) is 14.4 Å². The number of ether oxygens (including phenoxy) is 2. The van der Waals surface area contributed by atoms with Gasteiger partial charge in [-0.25, -0.2) is 4.90 Å². The number of halogens is 1. The molecule has 0 aromatic heterocycles. The lowest BCUT2D eigenvalue weighted by Gasteiger charge is -2.13. The fraction of sp³-hybridized carbons (Fsp3) is 0.179. The van der Waals surface area contributed by atoms with Gasteiger partial charge in [-0.05, 0) is 97.8 Å². The molecule has 190 valence electrons. The summed E-state index contributed by atoms with van der Waals surface area (Å²) in [5.41, 5.74) is 3.98. The average Bonchev–Trinajstić information content (AvgIpc) is 3.13. The molecule has 1 fully saturated rings. The first-order valence-corrected chi connectivity index (χ1v) is 12.7. The van der Waals surface area contributed by atoms with Crippen molar-refractivity contribution in [1.82, 2.24) is 0 Å². The monoisotopic (exact) mass is 536 g/mol. The molecule has 1 N–H and O–H groups in total. The molecule has 3 aromatic carbocycles. The Kier molecular flexibility index (Phi) is 8.21. The highest BCUT2D eigenvalue weighted by molar-refractivity contribution is 8.19. The predicted octanol–water partition coefficient (Wildman–Crippen LogP) is 6.61. The number of nitrogens with zero attached hydrogens (tertiary/aromatic N) is 1. The maximum absolute atomic E-state index is 12.9. The summed E-state index contributed by atoms with van der Waals surface area (Å²) in [6.07, 6.45) is 1.62. The van der Waals surface area contributed by atoms with E-state index in [0.717, 1.165) is 27.8 Å². The Morgan fingerprint density at radius 1 is 1.00 bits per heavy atom. The van der Waals surface area contributed by atoms with Crippen LogP contribution in [0.2, 0.25) is 5.02 Å². The van der Waals surface area contributed by atoms with Gasteiger partial charge >= 0.3 is 0 Å². The van der Waals surface area contributed by atoms with E-state index in [0.29, 0.717) is 40.1 Å². The summed E-state index contributed by atoms with van der Waals surface area (Å²) < 4.78 is 11.4. The molecule has 3 amide bonds. The summed E-state index contributed by atoms with van der Waals surface area (Å²) >= 11 is 6.87. The van der Waals surface area contributed by atoms with E-state index in [9.17, 15) is 14.4 Å². The maximum Gasteiger partial charge on any atom is 0.298 e. The van der Waals surface area contributed by atoms with Gasteiger partial charge in [-0.15, -0.1) is 0 Å². The van der Waals surface area contributed by atoms with Gasteiger partial charge in [-0.1, -0.05) is 29.8 Å². The number of rotatable bonds is 8. The fourth-order valence-corrected chi connectivity index (χ4v) is 4.64. The van der Waals surface area contributed by atoms with Gasteiger partial charge < -0.3 is 14.8 Å². The summed E-state index contributed by atoms with van der Waals surface area (Å²) in [5, 5.41) is 2.85. The second kappa shape index (κ2) is 11.5. The van der Waals surface area contributed by atoms with Gasteiger partial charge in [0.2, 0.25) is 0 Å². The number of hydrogen-bond donors (Lipinski definition) is 1. The van der Waals surface area contributed by atoms with Crippen molar-refractivity contribution < 1.29 is 23.9 Å². The van der Waals surface area contributed by atoms with Crippen LogP contribution >= 0.6 is 23.4 Å². The fourth-order valence-electron chi connectivity index (χ4n) is 3.62. The third-order valence-corrected chi connectivity index (χ3v) is 6.68. The highest BCUT2D eigenvalue weighted by Gasteiger charge is 2.36. The summed E-state index contributed by atoms with van der Waals surface area (Å²) in [5.74, 6) is 0.0774. The van der Waals surface area contributed by atoms with Gasteiger partial charge in [0, 0.05) is 10.7 Å². The molecule has 0 radical (unpaired) electrons. The van der Waals surface area contributed by atoms with E-state index in [1.54, 1.807) is 48.5 Å². The van der Waals surface area contributed by atoms with E-state index in [-0.39, 0.29) is 17.4 Å². The van der Waals surface area contributed by atoms with Crippen molar-refractivity contribution >= 4 is 57.9 Å². The lowest BCUT2D eigenvalue weighted by Crippen LogP contribution is -2.27. The Labute approximate surface area is 224 Å². The van der Waals surface area contributed by atoms with Crippen molar-refractivity contribution in [3.8, 4) is 11.5 Å². The van der Waals surface area contributed by atoms with Crippen molar-refractivity contribution in [3.63, 3.8) is 0 Å². The molecule has 0 atom stereocenters. The number of anilines is 2. The summed E-state index contributed by atoms with van der Waals surface area (Å²) in [6.45, 7) is 5.99. The van der Waals surface area contributed by atoms with Crippen LogP contribution in [0.1, 0.15) is 23.6 Å². The molecule has 1 aliphatic rings. The van der Waals surface area contributed by atoms with Crippen LogP contribution < -0.4 is 19.7 Å². The van der Waals surface area contributed by atoms with Gasteiger partial charge in [0.05, 0.1) is 17.2 Å². The minimum absolute atomic E-state index is 0.204. The molecule has 9 heteroatoms. The van der Waals surface area contributed by atoms with Gasteiger partial charge in [0.1, 0.15) is 0 Å². The number of nitrogens with one attached hydrogen (secondary N) is 1. The maximum atomic E-state index is 12.9. The highest BCUT2D eigenvalue weighted by atomic mass is 35.5. The third-order valence-electron chi connectivity index (χ3n) is 5.57. The molecule has 1 aliphatic heterocycles. The summed E-state index contributed by atoms with van der Waals surface area (Å²) in [6, 6.07) is 17.4. The summed E-state index contributed by atoms with van der Waals surface area (Å²) in [7, 11) is 0. The predicted molar refractivity (Wildman–Crippen MR) is 148 cm³/mol. The number of benzene rings is 3. The molecule has 0 unspecified atom stereocenters. The minimum Gasteiger partial charge on any atom is -0.490 e. The van der Waals surface area contributed by atoms with E-state index in [4.69, 9.17) is 21.1 Å². The van der Waals surface area contributed by atoms with Gasteiger partial charge in [0.15, 0.2) is 18.1 Å². The first-order chi connectivity index (χ1) is 17.7. The van der Waals surface area contributed by atoms with Crippen LogP contribution in [-0.2, 0) is 9.59 Å². The normalized spacial score (nSPS) is 14.3. The van der Waals surface area contributed by atoms with Crippen LogP contribution in [0.4, 0.5) is 16.2 Å². The van der Waals surface area contributed by atoms with Gasteiger partial charge in [-0.2, -0.15) is 0 Å². The number of thioether (sulfide) groups is 1. The van der Waals surface area contributed by atoms with E-state index in [1.165, 1.54) is 0 Å². The lowest BCUT2D eigenvalue weighted by molar-refractivity contribution is -0.118. The second-order valence-electron chi connectivity index (χ2n) is 8.27. The van der Waals surface area contributed by atoms with Crippen LogP contribution in [0, 0.1) is 13.8 Å². The number of carbonyl (C=O) groups is 3. The van der Waals surface area contributed by atoms with Crippen molar-refractivity contribution in [2.75, 3.05) is 23.4 Å². The number of imide groups is 1. The number of amides is 3. The molecule has 7 nitrogen and oxygen atoms in total. The Morgan fingerprint density at radius 3 is 2.54 bits per heavy atom. The minimum atomic E-state index is -0.432. The molecule has 0 bridgehead atoms. The Balaban J connectivity index is 1.47. The van der Waals surface area contributed by atoms with Crippen molar-refractivity contribution in [1.29, 1.82) is 0 Å². The Bertz CT molecular complexity index is 1410. The Morgan fingerprint density at radius 2 is 1.81 bits per heavy atom. The van der Waals surface area contributed by atoms with Crippen LogP contribution in [0.25, 0.3) is 6.08 Å². The molecular weight excluding hydrogens is 512 g/mol. The molecule has 0 aliphatic carbocycles. The zero-order valence-electron chi connectivity index (χ0n) is 20.5. The average molecular weight is 537 g/mol. The van der Waals surface area contributed by atoms with E-state index >= 15 is 0 Å². The van der Waals surface area contributed by atoms with Crippen LogP contribution in [0.15, 0.2) is 65.6 Å². The van der Waals surface area contributed by atoms with E-state index in [2.05, 4.69) is 5.32 Å². The van der Waals surface area contributed by atoms with Crippen LogP contribution in [0.3, 0.4) is 0 Å². The Hall–Kier alpha value is -3.75. The molecule has 4 rings (SSSR count). The zero-order chi connectivity index (χ0) is 26.5. The van der Waals surface area contributed by atoms with Crippen LogP contribution in [-0.4, -0.2) is 30.3 Å². The second-order valence-corrected chi connectivity index (χ2v) is 9.70. The highest BCUT2D eigenvalue weighted by Crippen LogP contribution is 2.37. The largest absolute Gasteiger partial charge is 0.490 e. The van der Waals surface area contributed by atoms with Crippen molar-refractivity contribution in [3.05, 3.63) is 87.3 Å². The molecule has 3 aromatic rings. The van der Waals surface area contributed by atoms with E-state index < -0.39 is 11.1 Å². The zero-order valence-corrected chi connectivity index (χ0v) is 22.1. The van der Waals surface area contributed by atoms with E-state index in [1.807, 2.05) is 39.0 Å². The van der Waals surface area contributed by atoms with Crippen molar-refractivity contribution in [2.45, 2.75) is 20.8 Å². The molecule has 0 saturated carbocycles. The van der Waals surface area contributed by atoms with Gasteiger partial charge in [0.25, 0.3) is 17.1 Å². The first kappa shape index (κ1) is 26.3. The lowest BCUT2D eigenvalue weighted by atomic mass is 10.1. The van der Waals surface area contributed by atoms with Crippen molar-refractivity contribution in [2.24, 2.45) is 0 Å². The standard InChI is InChI=1S/C28H25ClN2O5S/c1-4-35-24-13-19(14-25-27(33)31(28(34)37-25)22-7-5-6-20(29)15-22)9-11-23(24)36-16-26(32)30-21-10-8-17(2)18(3)12-21/h5-15H,4,16H2,1-3H3,(H,30,32)/b25-14-. The topological polar surface area (TPSA) is 84.9 Å².